The predicted octanol–water partition coefficient (Wildman–Crippen LogP) is 22.7. The molecule has 0 aliphatic carbocycles. The van der Waals surface area contributed by atoms with Gasteiger partial charge in [0.1, 0.15) is 0 Å². The van der Waals surface area contributed by atoms with Gasteiger partial charge in [0.05, 0.1) is 51.0 Å². The fraction of sp³-hybridized carbons (Fsp3) is 0.0515. The predicted molar refractivity (Wildman–Crippen MR) is 429 cm³/mol. The monoisotopic (exact) mass is 1310 g/mol. The first-order valence-corrected chi connectivity index (χ1v) is 35.5. The van der Waals surface area contributed by atoms with Crippen molar-refractivity contribution in [1.82, 2.24) is 9.13 Å². The third-order valence-corrected chi connectivity index (χ3v) is 21.6. The minimum absolute atomic E-state index is 0.292. The van der Waals surface area contributed by atoms with Crippen LogP contribution in [0.3, 0.4) is 0 Å². The number of hydrogen-bond donors (Lipinski definition) is 0. The molecule has 6 heteroatoms. The Morgan fingerprint density at radius 1 is 0.320 bits per heavy atom. The SMILES string of the molecule is CC(C)(C)c1cc2c3c(c1)N(c1c(-c4ccccc4)cc(-c4ccccc4)cc1-c1cccc(C#N)c1)c1cc(-n4c5ccccc5c5ccccc54)ccc1B3c1ccc(-n3c4ccccc4c4ccccc43)cc1C2c1c(-c2ccccc2)cc(-c2ccccc2)cc1-c1cccc(C#N)c1. The fourth-order valence-electron chi connectivity index (χ4n) is 17.0. The maximum atomic E-state index is 10.9. The van der Waals surface area contributed by atoms with Crippen molar-refractivity contribution in [3.05, 3.63) is 373 Å². The van der Waals surface area contributed by atoms with E-state index in [0.29, 0.717) is 11.1 Å². The number of benzene rings is 15. The third kappa shape index (κ3) is 9.97. The molecule has 4 heterocycles. The van der Waals surface area contributed by atoms with Crippen molar-refractivity contribution in [3.63, 3.8) is 0 Å². The van der Waals surface area contributed by atoms with Crippen LogP contribution in [-0.4, -0.2) is 15.8 Å². The zero-order chi connectivity index (χ0) is 69.0. The van der Waals surface area contributed by atoms with E-state index in [1.165, 1.54) is 54.6 Å². The molecule has 482 valence electrons. The number of rotatable bonds is 10. The molecule has 0 amide bonds. The van der Waals surface area contributed by atoms with Gasteiger partial charge in [-0.15, -0.1) is 0 Å². The second-order valence-electron chi connectivity index (χ2n) is 28.5. The molecule has 19 rings (SSSR count). The number of fused-ring (bicyclic) bond motifs is 10. The quantitative estimate of drug-likeness (QED) is 0.128. The number of aromatic nitrogens is 2. The first kappa shape index (κ1) is 60.9. The molecular formula is C97H66BN5. The molecule has 2 aliphatic heterocycles. The summed E-state index contributed by atoms with van der Waals surface area (Å²) in [5.41, 5.74) is 31.5. The van der Waals surface area contributed by atoms with Crippen LogP contribution in [0.1, 0.15) is 60.1 Å². The van der Waals surface area contributed by atoms with Crippen molar-refractivity contribution in [2.75, 3.05) is 4.90 Å². The van der Waals surface area contributed by atoms with Crippen LogP contribution in [0.5, 0.6) is 0 Å². The molecular weight excluding hydrogens is 1250 g/mol. The molecule has 5 nitrogen and oxygen atoms in total. The minimum atomic E-state index is -0.419. The average Bonchev–Trinajstić information content (AvgIpc) is 1.32. The number of nitriles is 2. The molecule has 0 bridgehead atoms. The Morgan fingerprint density at radius 3 is 1.20 bits per heavy atom. The maximum absolute atomic E-state index is 10.9. The van der Waals surface area contributed by atoms with Crippen LogP contribution in [0.15, 0.2) is 340 Å². The normalized spacial score (nSPS) is 13.0. The lowest BCUT2D eigenvalue weighted by Crippen LogP contribution is -2.62. The lowest BCUT2D eigenvalue weighted by molar-refractivity contribution is 0.589. The summed E-state index contributed by atoms with van der Waals surface area (Å²) < 4.78 is 4.93. The van der Waals surface area contributed by atoms with E-state index in [2.05, 4.69) is 362 Å². The Morgan fingerprint density at radius 2 is 0.718 bits per heavy atom. The van der Waals surface area contributed by atoms with Gasteiger partial charge in [-0.1, -0.05) is 263 Å². The summed E-state index contributed by atoms with van der Waals surface area (Å²) in [6, 6.07) is 130. The van der Waals surface area contributed by atoms with Gasteiger partial charge >= 0.3 is 0 Å². The fourth-order valence-corrected chi connectivity index (χ4v) is 17.0. The van der Waals surface area contributed by atoms with Crippen LogP contribution in [0.4, 0.5) is 17.1 Å². The van der Waals surface area contributed by atoms with E-state index in [0.717, 1.165) is 123 Å². The highest BCUT2D eigenvalue weighted by Gasteiger charge is 2.47. The highest BCUT2D eigenvalue weighted by Crippen LogP contribution is 2.55. The molecule has 0 radical (unpaired) electrons. The lowest BCUT2D eigenvalue weighted by Gasteiger charge is -2.45. The summed E-state index contributed by atoms with van der Waals surface area (Å²) >= 11 is 0. The summed E-state index contributed by atoms with van der Waals surface area (Å²) in [4.78, 5) is 2.64. The van der Waals surface area contributed by atoms with E-state index in [4.69, 9.17) is 0 Å². The number of hydrogen-bond acceptors (Lipinski definition) is 3. The lowest BCUT2D eigenvalue weighted by atomic mass is 9.31. The molecule has 103 heavy (non-hydrogen) atoms. The van der Waals surface area contributed by atoms with Gasteiger partial charge in [-0.3, -0.25) is 0 Å². The second-order valence-corrected chi connectivity index (χ2v) is 28.5. The van der Waals surface area contributed by atoms with Crippen LogP contribution in [0.25, 0.3) is 122 Å². The van der Waals surface area contributed by atoms with Gasteiger partial charge in [-0.2, -0.15) is 10.5 Å². The molecule has 1 atom stereocenters. The van der Waals surface area contributed by atoms with E-state index in [-0.39, 0.29) is 12.1 Å². The Labute approximate surface area is 600 Å². The van der Waals surface area contributed by atoms with Gasteiger partial charge in [0.25, 0.3) is 0 Å². The first-order valence-electron chi connectivity index (χ1n) is 35.5. The first-order chi connectivity index (χ1) is 50.6. The number of nitrogens with zero attached hydrogens (tertiary/aromatic N) is 5. The Bertz CT molecular complexity index is 5900. The van der Waals surface area contributed by atoms with Crippen LogP contribution in [-0.2, 0) is 5.41 Å². The zero-order valence-electron chi connectivity index (χ0n) is 57.2. The van der Waals surface area contributed by atoms with Crippen LogP contribution in [0, 0.1) is 22.7 Å². The van der Waals surface area contributed by atoms with Crippen LogP contribution in [0.2, 0.25) is 0 Å². The van der Waals surface area contributed by atoms with Gasteiger partial charge in [0, 0.05) is 61.3 Å². The molecule has 0 fully saturated rings. The van der Waals surface area contributed by atoms with Gasteiger partial charge < -0.3 is 14.0 Å². The topological polar surface area (TPSA) is 60.7 Å². The Balaban J connectivity index is 1.01. The average molecular weight is 1310 g/mol. The van der Waals surface area contributed by atoms with Crippen molar-refractivity contribution in [2.45, 2.75) is 32.1 Å². The third-order valence-electron chi connectivity index (χ3n) is 21.6. The van der Waals surface area contributed by atoms with Crippen molar-refractivity contribution in [1.29, 1.82) is 10.5 Å². The molecule has 0 spiro atoms. The van der Waals surface area contributed by atoms with Crippen molar-refractivity contribution in [3.8, 4) is 90.3 Å². The standard InChI is InChI=1S/C97H66BN5/c1-97(2,3)72-56-84-94(93-79(66-32-12-6-13-33-66)52-70(64-28-8-4-9-29-64)53-80(93)68-36-24-26-62(50-68)60-99)83-58-73(101-87-42-20-16-38-75(87)76-39-17-21-43-88(76)101)46-48-85(83)98-86-49-47-74(102-89-44-22-18-40-77(89)78-41-19-23-45-90(78)102)59-91(86)103(92(57-72)95(84)98)96-81(67-34-14-7-15-35-67)54-71(65-30-10-5-11-31-65)55-82(96)69-37-25-27-63(51-69)61-100/h4-59,94H,1-3H3. The van der Waals surface area contributed by atoms with E-state index in [1.807, 2.05) is 24.3 Å². The maximum Gasteiger partial charge on any atom is 0.247 e. The number of para-hydroxylation sites is 4. The van der Waals surface area contributed by atoms with Gasteiger partial charge in [0.2, 0.25) is 6.71 Å². The highest BCUT2D eigenvalue weighted by molar-refractivity contribution is 6.99. The largest absolute Gasteiger partial charge is 0.310 e. The number of anilines is 3. The van der Waals surface area contributed by atoms with E-state index >= 15 is 0 Å². The van der Waals surface area contributed by atoms with Gasteiger partial charge in [-0.25, -0.2) is 0 Å². The van der Waals surface area contributed by atoms with E-state index < -0.39 is 5.92 Å². The molecule has 0 saturated carbocycles. The van der Waals surface area contributed by atoms with Crippen LogP contribution >= 0.6 is 0 Å². The molecule has 0 N–H and O–H groups in total. The van der Waals surface area contributed by atoms with E-state index in [9.17, 15) is 10.5 Å². The summed E-state index contributed by atoms with van der Waals surface area (Å²) in [6.07, 6.45) is 0. The highest BCUT2D eigenvalue weighted by atomic mass is 15.2. The second kappa shape index (κ2) is 24.3. The summed E-state index contributed by atoms with van der Waals surface area (Å²) in [5, 5.41) is 26.6. The van der Waals surface area contributed by atoms with Crippen molar-refractivity contribution in [2.24, 2.45) is 0 Å². The molecule has 2 aliphatic rings. The van der Waals surface area contributed by atoms with Crippen molar-refractivity contribution >= 4 is 83.8 Å². The van der Waals surface area contributed by atoms with E-state index in [1.54, 1.807) is 0 Å². The smallest absolute Gasteiger partial charge is 0.247 e. The Hall–Kier alpha value is -13.3. The minimum Gasteiger partial charge on any atom is -0.310 e. The van der Waals surface area contributed by atoms with Gasteiger partial charge in [0.15, 0.2) is 0 Å². The summed E-state index contributed by atoms with van der Waals surface area (Å²) in [5.74, 6) is -0.419. The molecule has 1 unspecified atom stereocenters. The molecule has 2 aromatic heterocycles. The molecule has 0 saturated heterocycles. The van der Waals surface area contributed by atoms with Crippen molar-refractivity contribution < 1.29 is 0 Å². The van der Waals surface area contributed by atoms with Crippen LogP contribution < -0.4 is 21.3 Å². The molecule has 15 aromatic carbocycles. The Kier molecular flexibility index (Phi) is 14.4. The summed E-state index contributed by atoms with van der Waals surface area (Å²) in [7, 11) is 0. The zero-order valence-corrected chi connectivity index (χ0v) is 57.2. The summed E-state index contributed by atoms with van der Waals surface area (Å²) in [6.45, 7) is 6.79. The molecule has 17 aromatic rings. The van der Waals surface area contributed by atoms with Gasteiger partial charge in [-0.05, 0) is 197 Å².